The number of hydrogen-bond donors (Lipinski definition) is 3. The van der Waals surface area contributed by atoms with Gasteiger partial charge in [0.2, 0.25) is 0 Å². The molecule has 2 aliphatic rings. The molecule has 5 atom stereocenters. The third-order valence-electron chi connectivity index (χ3n) is 3.64. The number of nitrogens with two attached hydrogens (primary N) is 1. The molecule has 4 heterocycles. The van der Waals surface area contributed by atoms with Gasteiger partial charge < -0.3 is 20.5 Å². The lowest BCUT2D eigenvalue weighted by Gasteiger charge is -2.18. The summed E-state index contributed by atoms with van der Waals surface area (Å²) in [5.41, 5.74) is 6.49. The van der Waals surface area contributed by atoms with Crippen LogP contribution in [0.4, 0.5) is 5.82 Å². The molecular weight excluding hydrogens is 317 g/mol. The van der Waals surface area contributed by atoms with Crippen LogP contribution in [0.3, 0.4) is 0 Å². The zero-order valence-electron chi connectivity index (χ0n) is 11.0. The average molecular weight is 329 g/mol. The number of aromatic nitrogens is 4. The number of ether oxygens (including phenoxy) is 1. The molecule has 1 unspecified atom stereocenters. The van der Waals surface area contributed by atoms with Gasteiger partial charge in [-0.1, -0.05) is 0 Å². The first-order valence-electron chi connectivity index (χ1n) is 6.39. The minimum Gasteiger partial charge on any atom is -0.394 e. The van der Waals surface area contributed by atoms with Crippen LogP contribution < -0.4 is 5.73 Å². The molecule has 4 N–H and O–H groups in total. The number of nitrogens with zero attached hydrogens (tertiary/aromatic N) is 4. The van der Waals surface area contributed by atoms with Crippen LogP contribution in [-0.4, -0.2) is 54.4 Å². The molecular formula is C10H12N5O6P. The number of nitrogen functional groups attached to an aromatic ring is 1. The van der Waals surface area contributed by atoms with Gasteiger partial charge in [-0.2, -0.15) is 0 Å². The van der Waals surface area contributed by atoms with Gasteiger partial charge in [0.25, 0.3) is 0 Å². The van der Waals surface area contributed by atoms with E-state index in [1.54, 1.807) is 0 Å². The van der Waals surface area contributed by atoms with Gasteiger partial charge in [0.1, 0.15) is 30.2 Å². The number of anilines is 1. The van der Waals surface area contributed by atoms with Crippen molar-refractivity contribution in [1.82, 2.24) is 19.5 Å². The van der Waals surface area contributed by atoms with Crippen molar-refractivity contribution in [2.75, 3.05) is 12.3 Å². The zero-order chi connectivity index (χ0) is 15.5. The Kier molecular flexibility index (Phi) is 2.98. The number of phosphoric acid groups is 1. The largest absolute Gasteiger partial charge is 0.473 e. The van der Waals surface area contributed by atoms with Crippen molar-refractivity contribution in [2.45, 2.75) is 24.5 Å². The number of rotatable bonds is 2. The van der Waals surface area contributed by atoms with Crippen LogP contribution in [-0.2, 0) is 18.3 Å². The normalized spacial score (nSPS) is 37.7. The second-order valence-corrected chi connectivity index (χ2v) is 6.30. The number of fused-ring (bicyclic) bond motifs is 2. The first kappa shape index (κ1) is 14.0. The molecule has 12 heteroatoms. The van der Waals surface area contributed by atoms with Crippen LogP contribution in [0.5, 0.6) is 0 Å². The molecule has 2 fully saturated rings. The summed E-state index contributed by atoms with van der Waals surface area (Å²) in [6.45, 7) is -0.384. The summed E-state index contributed by atoms with van der Waals surface area (Å²) in [6.07, 6.45) is -0.668. The molecule has 0 amide bonds. The van der Waals surface area contributed by atoms with E-state index in [1.165, 1.54) is 17.2 Å². The lowest BCUT2D eigenvalue weighted by molar-refractivity contribution is -0.0589. The second-order valence-electron chi connectivity index (χ2n) is 4.94. The van der Waals surface area contributed by atoms with Crippen molar-refractivity contribution in [3.63, 3.8) is 0 Å². The van der Waals surface area contributed by atoms with Gasteiger partial charge in [-0.15, -0.1) is 0 Å². The summed E-state index contributed by atoms with van der Waals surface area (Å²) >= 11 is 0. The molecule has 0 aromatic carbocycles. The van der Waals surface area contributed by atoms with E-state index >= 15 is 0 Å². The minimum absolute atomic E-state index is 0.202. The first-order chi connectivity index (χ1) is 10.5. The summed E-state index contributed by atoms with van der Waals surface area (Å²) < 4.78 is 28.8. The van der Waals surface area contributed by atoms with Gasteiger partial charge in [-0.05, 0) is 0 Å². The maximum Gasteiger partial charge on any atom is 0.473 e. The highest BCUT2D eigenvalue weighted by Crippen LogP contribution is 2.58. The zero-order valence-corrected chi connectivity index (χ0v) is 11.9. The predicted octanol–water partition coefficient (Wildman–Crippen LogP) is -0.817. The molecule has 4 rings (SSSR count). The molecule has 0 spiro atoms. The third kappa shape index (κ3) is 1.95. The molecule has 0 radical (unpaired) electrons. The third-order valence-corrected chi connectivity index (χ3v) is 4.66. The Balaban J connectivity index is 1.78. The highest BCUT2D eigenvalue weighted by molar-refractivity contribution is 7.47. The van der Waals surface area contributed by atoms with Crippen molar-refractivity contribution < 1.29 is 28.3 Å². The maximum absolute atomic E-state index is 11.6. The van der Waals surface area contributed by atoms with E-state index in [1.807, 2.05) is 0 Å². The highest BCUT2D eigenvalue weighted by Gasteiger charge is 2.57. The summed E-state index contributed by atoms with van der Waals surface area (Å²) in [5, 5.41) is 9.35. The summed E-state index contributed by atoms with van der Waals surface area (Å²) in [6, 6.07) is 0. The smallest absolute Gasteiger partial charge is 0.394 e. The maximum atomic E-state index is 11.6. The Morgan fingerprint density at radius 2 is 2.09 bits per heavy atom. The van der Waals surface area contributed by atoms with E-state index in [0.29, 0.717) is 11.2 Å². The van der Waals surface area contributed by atoms with Gasteiger partial charge in [0, 0.05) is 0 Å². The Bertz CT molecular complexity index is 782. The lowest BCUT2D eigenvalue weighted by Crippen LogP contribution is -2.30. The SMILES string of the molecule is Nc1ncnc2c1ncn2[C@@H]1O[C@H](CO)[C@@H]2OP(=O)(O)O[C@@H]21. The van der Waals surface area contributed by atoms with Gasteiger partial charge >= 0.3 is 7.82 Å². The average Bonchev–Trinajstić information content (AvgIpc) is 3.10. The topological polar surface area (TPSA) is 155 Å². The first-order valence-corrected chi connectivity index (χ1v) is 7.88. The lowest BCUT2D eigenvalue weighted by atomic mass is 10.1. The monoisotopic (exact) mass is 329 g/mol. The van der Waals surface area contributed by atoms with E-state index < -0.39 is 32.4 Å². The number of imidazole rings is 1. The Morgan fingerprint density at radius 1 is 1.32 bits per heavy atom. The van der Waals surface area contributed by atoms with E-state index in [4.69, 9.17) is 19.5 Å². The van der Waals surface area contributed by atoms with Gasteiger partial charge in [-0.3, -0.25) is 13.6 Å². The molecule has 2 aromatic rings. The fourth-order valence-electron chi connectivity index (χ4n) is 2.71. The number of aliphatic hydroxyl groups excluding tert-OH is 1. The Hall–Kier alpha value is -1.62. The van der Waals surface area contributed by atoms with Crippen LogP contribution in [0.1, 0.15) is 6.23 Å². The van der Waals surface area contributed by atoms with Crippen LogP contribution >= 0.6 is 7.82 Å². The Labute approximate surface area is 123 Å². The molecule has 2 aliphatic heterocycles. The van der Waals surface area contributed by atoms with Crippen molar-refractivity contribution in [1.29, 1.82) is 0 Å². The summed E-state index contributed by atoms with van der Waals surface area (Å²) in [7, 11) is -4.16. The molecule has 22 heavy (non-hydrogen) atoms. The van der Waals surface area contributed by atoms with Gasteiger partial charge in [0.15, 0.2) is 17.7 Å². The van der Waals surface area contributed by atoms with Crippen molar-refractivity contribution >= 4 is 24.8 Å². The van der Waals surface area contributed by atoms with Gasteiger partial charge in [-0.25, -0.2) is 19.5 Å². The highest BCUT2D eigenvalue weighted by atomic mass is 31.2. The fraction of sp³-hybridized carbons (Fsp3) is 0.500. The van der Waals surface area contributed by atoms with E-state index in [0.717, 1.165) is 0 Å². The van der Waals surface area contributed by atoms with E-state index in [-0.39, 0.29) is 12.4 Å². The van der Waals surface area contributed by atoms with E-state index in [2.05, 4.69) is 15.0 Å². The second kappa shape index (κ2) is 4.69. The van der Waals surface area contributed by atoms with Crippen molar-refractivity contribution in [3.8, 4) is 0 Å². The molecule has 11 nitrogen and oxygen atoms in total. The molecule has 0 saturated carbocycles. The van der Waals surface area contributed by atoms with Crippen LogP contribution in [0.15, 0.2) is 12.7 Å². The van der Waals surface area contributed by atoms with Crippen LogP contribution in [0, 0.1) is 0 Å². The standard InChI is InChI=1S/C10H12N5O6P/c11-8-5-9(13-2-12-8)15(3-14-5)10-7-6(4(1-16)19-10)20-22(17,18)21-7/h2-4,6-7,10,16H,1H2,(H,17,18)(H2,11,12,13)/t4-,6+,7+,10-/m1/s1. The fourth-order valence-corrected chi connectivity index (χ4v) is 3.85. The number of hydrogen-bond acceptors (Lipinski definition) is 9. The van der Waals surface area contributed by atoms with Crippen LogP contribution in [0.25, 0.3) is 11.2 Å². The van der Waals surface area contributed by atoms with Crippen molar-refractivity contribution in [2.24, 2.45) is 0 Å². The van der Waals surface area contributed by atoms with Gasteiger partial charge in [0.05, 0.1) is 12.9 Å². The van der Waals surface area contributed by atoms with Crippen LogP contribution in [0.2, 0.25) is 0 Å². The molecule has 2 aromatic heterocycles. The molecule has 0 bridgehead atoms. The number of phosphoric ester groups is 1. The van der Waals surface area contributed by atoms with Crippen molar-refractivity contribution in [3.05, 3.63) is 12.7 Å². The summed E-state index contributed by atoms with van der Waals surface area (Å²) in [4.78, 5) is 21.5. The summed E-state index contributed by atoms with van der Waals surface area (Å²) in [5.74, 6) is 0.202. The molecule has 118 valence electrons. The van der Waals surface area contributed by atoms with E-state index in [9.17, 15) is 14.6 Å². The predicted molar refractivity (Wildman–Crippen MR) is 70.3 cm³/mol. The molecule has 2 saturated heterocycles. The Morgan fingerprint density at radius 3 is 2.86 bits per heavy atom. The molecule has 0 aliphatic carbocycles. The number of aliphatic hydroxyl groups is 1. The minimum atomic E-state index is -4.16. The quantitative estimate of drug-likeness (QED) is 0.595.